The van der Waals surface area contributed by atoms with Crippen molar-refractivity contribution in [2.75, 3.05) is 4.90 Å². The zero-order valence-electron chi connectivity index (χ0n) is 11.0. The minimum absolute atomic E-state index is 0.0428. The lowest BCUT2D eigenvalue weighted by molar-refractivity contribution is -0.124. The monoisotopic (exact) mass is 331 g/mol. The summed E-state index contributed by atoms with van der Waals surface area (Å²) in [6.07, 6.45) is 1.57. The quantitative estimate of drug-likeness (QED) is 0.259. The Balaban J connectivity index is 1.88. The molecule has 2 saturated heterocycles. The summed E-state index contributed by atoms with van der Waals surface area (Å²) in [5.74, 6) is -15.3. The van der Waals surface area contributed by atoms with Crippen molar-refractivity contribution < 1.29 is 36.3 Å². The van der Waals surface area contributed by atoms with Crippen molar-refractivity contribution >= 4 is 17.5 Å². The average molecular weight is 331 g/mol. The molecule has 0 spiro atoms. The van der Waals surface area contributed by atoms with Crippen LogP contribution < -0.4 is 4.90 Å². The van der Waals surface area contributed by atoms with Crippen LogP contribution in [0.1, 0.15) is 0 Å². The van der Waals surface area contributed by atoms with E-state index in [1.807, 2.05) is 0 Å². The molecule has 2 amide bonds. The van der Waals surface area contributed by atoms with Crippen LogP contribution in [0, 0.1) is 40.9 Å². The number of rotatable bonds is 1. The lowest BCUT2D eigenvalue weighted by atomic mass is 9.85. The Hall–Kier alpha value is -2.29. The first kappa shape index (κ1) is 14.3. The summed E-state index contributed by atoms with van der Waals surface area (Å²) >= 11 is 0. The average Bonchev–Trinajstić information content (AvgIpc) is 3.20. The molecule has 23 heavy (non-hydrogen) atoms. The molecule has 3 aliphatic rings. The van der Waals surface area contributed by atoms with Gasteiger partial charge in [0.05, 0.1) is 24.0 Å². The third-order valence-corrected chi connectivity index (χ3v) is 4.32. The van der Waals surface area contributed by atoms with Crippen LogP contribution in [0.3, 0.4) is 0 Å². The van der Waals surface area contributed by atoms with Crippen LogP contribution in [-0.2, 0) is 14.3 Å². The molecule has 2 bridgehead atoms. The summed E-state index contributed by atoms with van der Waals surface area (Å²) in [7, 11) is 0. The lowest BCUT2D eigenvalue weighted by Crippen LogP contribution is -2.36. The number of hydrogen-bond acceptors (Lipinski definition) is 3. The van der Waals surface area contributed by atoms with Crippen molar-refractivity contribution in [1.82, 2.24) is 0 Å². The van der Waals surface area contributed by atoms with E-state index < -0.39 is 70.6 Å². The van der Waals surface area contributed by atoms with Gasteiger partial charge in [-0.2, -0.15) is 0 Å². The summed E-state index contributed by atoms with van der Waals surface area (Å²) in [6.45, 7) is 0. The third-order valence-electron chi connectivity index (χ3n) is 4.32. The summed E-state index contributed by atoms with van der Waals surface area (Å²) in [5.41, 5.74) is -1.54. The number of imide groups is 1. The number of hydrogen-bond donors (Lipinski definition) is 0. The molecule has 0 N–H and O–H groups in total. The number of benzene rings is 1. The van der Waals surface area contributed by atoms with Gasteiger partial charge in [-0.3, -0.25) is 9.59 Å². The summed E-state index contributed by atoms with van der Waals surface area (Å²) < 4.78 is 72.8. The molecule has 0 aliphatic carbocycles. The molecule has 9 heteroatoms. The zero-order valence-corrected chi connectivity index (χ0v) is 11.0. The molecule has 4 nitrogen and oxygen atoms in total. The molecule has 120 valence electrons. The first-order chi connectivity index (χ1) is 10.8. The van der Waals surface area contributed by atoms with Gasteiger partial charge in [-0.15, -0.1) is 0 Å². The van der Waals surface area contributed by atoms with Gasteiger partial charge in [0.15, 0.2) is 23.3 Å². The molecular weight excluding hydrogens is 325 g/mol. The minimum Gasteiger partial charge on any atom is -0.365 e. The van der Waals surface area contributed by atoms with Crippen LogP contribution in [-0.4, -0.2) is 24.0 Å². The standard InChI is InChI=1S/C14H6F5NO3/c15-7-8(16)10(18)12(11(19)9(7)17)20-13(21)5-3-1-2-4(23-3)6(5)14(20)22/h1-6H/t3-,4+,5-,6-/m1/s1. The number of amides is 2. The Kier molecular flexibility index (Phi) is 2.72. The number of anilines is 1. The van der Waals surface area contributed by atoms with Crippen molar-refractivity contribution in [3.63, 3.8) is 0 Å². The Morgan fingerprint density at radius 3 is 1.57 bits per heavy atom. The molecule has 0 aromatic heterocycles. The van der Waals surface area contributed by atoms with Crippen molar-refractivity contribution in [2.45, 2.75) is 12.2 Å². The van der Waals surface area contributed by atoms with Crippen LogP contribution >= 0.6 is 0 Å². The van der Waals surface area contributed by atoms with Crippen molar-refractivity contribution in [1.29, 1.82) is 0 Å². The predicted octanol–water partition coefficient (Wildman–Crippen LogP) is 1.82. The van der Waals surface area contributed by atoms with E-state index >= 15 is 0 Å². The Morgan fingerprint density at radius 1 is 0.739 bits per heavy atom. The second kappa shape index (κ2) is 4.38. The van der Waals surface area contributed by atoms with Gasteiger partial charge in [0.25, 0.3) is 0 Å². The highest BCUT2D eigenvalue weighted by Crippen LogP contribution is 2.47. The number of nitrogens with zero attached hydrogens (tertiary/aromatic N) is 1. The number of fused-ring (bicyclic) bond motifs is 5. The first-order valence-corrected chi connectivity index (χ1v) is 6.57. The fourth-order valence-electron chi connectivity index (χ4n) is 3.31. The smallest absolute Gasteiger partial charge is 0.240 e. The Morgan fingerprint density at radius 2 is 1.13 bits per heavy atom. The van der Waals surface area contributed by atoms with E-state index in [1.165, 1.54) is 12.2 Å². The highest BCUT2D eigenvalue weighted by molar-refractivity contribution is 6.23. The third kappa shape index (κ3) is 1.57. The van der Waals surface area contributed by atoms with E-state index in [0.717, 1.165) is 0 Å². The van der Waals surface area contributed by atoms with Crippen LogP contribution in [0.5, 0.6) is 0 Å². The molecule has 0 unspecified atom stereocenters. The van der Waals surface area contributed by atoms with Gasteiger partial charge in [0.1, 0.15) is 5.69 Å². The molecule has 0 saturated carbocycles. The van der Waals surface area contributed by atoms with E-state index in [2.05, 4.69) is 0 Å². The van der Waals surface area contributed by atoms with Crippen LogP contribution in [0.15, 0.2) is 12.2 Å². The van der Waals surface area contributed by atoms with Gasteiger partial charge in [-0.1, -0.05) is 12.2 Å². The molecule has 0 radical (unpaired) electrons. The maximum Gasteiger partial charge on any atom is 0.240 e. The van der Waals surface area contributed by atoms with Gasteiger partial charge >= 0.3 is 0 Å². The molecular formula is C14H6F5NO3. The largest absolute Gasteiger partial charge is 0.365 e. The van der Waals surface area contributed by atoms with Crippen LogP contribution in [0.2, 0.25) is 0 Å². The zero-order chi connectivity index (χ0) is 16.6. The van der Waals surface area contributed by atoms with E-state index in [-0.39, 0.29) is 4.90 Å². The fraction of sp³-hybridized carbons (Fsp3) is 0.286. The first-order valence-electron chi connectivity index (χ1n) is 6.57. The van der Waals surface area contributed by atoms with Gasteiger partial charge in [-0.05, 0) is 0 Å². The van der Waals surface area contributed by atoms with E-state index in [1.54, 1.807) is 0 Å². The number of carbonyl (C=O) groups is 2. The summed E-state index contributed by atoms with van der Waals surface area (Å²) in [6, 6.07) is 0. The van der Waals surface area contributed by atoms with Gasteiger partial charge in [0.2, 0.25) is 17.6 Å². The SMILES string of the molecule is O=C1[C@H]2[C@H](C(=O)N1c1c(F)c(F)c(F)c(F)c1F)[C@H]1C=C[C@@H]2O1. The highest BCUT2D eigenvalue weighted by Gasteiger charge is 2.62. The van der Waals surface area contributed by atoms with Crippen molar-refractivity contribution in [3.8, 4) is 0 Å². The summed E-state index contributed by atoms with van der Waals surface area (Å²) in [5, 5.41) is 0. The minimum atomic E-state index is -2.35. The Labute approximate surface area is 125 Å². The highest BCUT2D eigenvalue weighted by atomic mass is 19.2. The normalized spacial score (nSPS) is 31.4. The van der Waals surface area contributed by atoms with E-state index in [0.29, 0.717) is 0 Å². The van der Waals surface area contributed by atoms with Crippen LogP contribution in [0.4, 0.5) is 27.6 Å². The lowest BCUT2D eigenvalue weighted by Gasteiger charge is -2.19. The number of ether oxygens (including phenoxy) is 1. The van der Waals surface area contributed by atoms with Crippen molar-refractivity contribution in [3.05, 3.63) is 41.2 Å². The maximum absolute atomic E-state index is 13.9. The molecule has 2 fully saturated rings. The molecule has 3 aliphatic heterocycles. The van der Waals surface area contributed by atoms with Crippen molar-refractivity contribution in [2.24, 2.45) is 11.8 Å². The van der Waals surface area contributed by atoms with Gasteiger partial charge < -0.3 is 4.74 Å². The van der Waals surface area contributed by atoms with Crippen LogP contribution in [0.25, 0.3) is 0 Å². The number of carbonyl (C=O) groups excluding carboxylic acids is 2. The van der Waals surface area contributed by atoms with E-state index in [9.17, 15) is 31.5 Å². The molecule has 1 aromatic carbocycles. The molecule has 3 heterocycles. The number of halogens is 5. The topological polar surface area (TPSA) is 46.6 Å². The van der Waals surface area contributed by atoms with Gasteiger partial charge in [-0.25, -0.2) is 26.9 Å². The second-order valence-electron chi connectivity index (χ2n) is 5.43. The fourth-order valence-corrected chi connectivity index (χ4v) is 3.31. The van der Waals surface area contributed by atoms with Gasteiger partial charge in [0, 0.05) is 0 Å². The predicted molar refractivity (Wildman–Crippen MR) is 63.5 cm³/mol. The molecule has 1 aromatic rings. The second-order valence-corrected chi connectivity index (χ2v) is 5.43. The maximum atomic E-state index is 13.9. The van der Waals surface area contributed by atoms with E-state index in [4.69, 9.17) is 4.74 Å². The summed E-state index contributed by atoms with van der Waals surface area (Å²) in [4.78, 5) is 24.7. The molecule has 4 atom stereocenters. The Bertz CT molecular complexity index is 749. The molecule has 4 rings (SSSR count).